The molecule has 1 aromatic heterocycles. The van der Waals surface area contributed by atoms with Crippen LogP contribution in [0.5, 0.6) is 0 Å². The van der Waals surface area contributed by atoms with E-state index in [0.29, 0.717) is 22.4 Å². The summed E-state index contributed by atoms with van der Waals surface area (Å²) >= 11 is 5.94. The molecule has 2 aromatic carbocycles. The van der Waals surface area contributed by atoms with Crippen LogP contribution in [0.3, 0.4) is 0 Å². The fourth-order valence-electron chi connectivity index (χ4n) is 2.88. The van der Waals surface area contributed by atoms with Crippen LogP contribution < -0.4 is 5.14 Å². The second-order valence-electron chi connectivity index (χ2n) is 6.36. The molecule has 0 saturated carbocycles. The van der Waals surface area contributed by atoms with Gasteiger partial charge < -0.3 is 0 Å². The Bertz CT molecular complexity index is 1160. The van der Waals surface area contributed by atoms with Crippen molar-refractivity contribution in [2.24, 2.45) is 5.14 Å². The number of primary sulfonamides is 1. The van der Waals surface area contributed by atoms with Crippen LogP contribution in [0, 0.1) is 5.82 Å². The third kappa shape index (κ3) is 3.99. The first-order valence-corrected chi connectivity index (χ1v) is 10.3. The van der Waals surface area contributed by atoms with Crippen LogP contribution in [0.4, 0.5) is 4.39 Å². The lowest BCUT2D eigenvalue weighted by Gasteiger charge is -2.16. The lowest BCUT2D eigenvalue weighted by molar-refractivity contribution is 0.598. The number of benzene rings is 2. The minimum atomic E-state index is -3.97. The average Bonchev–Trinajstić information content (AvgIpc) is 2.68. The fraction of sp³-hybridized carbons (Fsp3) is 0.0952. The maximum Gasteiger partial charge on any atom is 0.238 e. The summed E-state index contributed by atoms with van der Waals surface area (Å²) in [7, 11) is -3.97. The number of hydrogen-bond acceptors (Lipinski definition) is 3. The second-order valence-corrected chi connectivity index (χ2v) is 8.30. The molecule has 0 amide bonds. The van der Waals surface area contributed by atoms with E-state index < -0.39 is 15.8 Å². The van der Waals surface area contributed by atoms with E-state index in [1.165, 1.54) is 18.2 Å². The number of aromatic nitrogens is 1. The highest BCUT2D eigenvalue weighted by Gasteiger charge is 2.20. The first-order valence-electron chi connectivity index (χ1n) is 8.42. The quantitative estimate of drug-likeness (QED) is 0.585. The van der Waals surface area contributed by atoms with E-state index in [9.17, 15) is 12.8 Å². The lowest BCUT2D eigenvalue weighted by Crippen LogP contribution is -2.13. The predicted molar refractivity (Wildman–Crippen MR) is 110 cm³/mol. The van der Waals surface area contributed by atoms with E-state index in [2.05, 4.69) is 11.6 Å². The van der Waals surface area contributed by atoms with Gasteiger partial charge in [-0.15, -0.1) is 6.58 Å². The zero-order valence-corrected chi connectivity index (χ0v) is 16.6. The molecule has 0 aliphatic carbocycles. The summed E-state index contributed by atoms with van der Waals surface area (Å²) < 4.78 is 37.9. The standard InChI is InChI=1S/C21H18ClFN2O2S/c1-3-13(2)15-10-17(16-6-4-5-7-20(16)28(24,26)27)21(25-12-15)14-8-9-19(23)18(22)11-14/h3-13H,1H2,2H3,(H2,24,26,27). The topological polar surface area (TPSA) is 73.0 Å². The number of sulfonamides is 1. The highest BCUT2D eigenvalue weighted by molar-refractivity contribution is 7.89. The minimum Gasteiger partial charge on any atom is -0.255 e. The molecule has 144 valence electrons. The molecule has 0 saturated heterocycles. The Hall–Kier alpha value is -2.54. The van der Waals surface area contributed by atoms with Crippen molar-refractivity contribution in [1.82, 2.24) is 4.98 Å². The molecule has 3 rings (SSSR count). The van der Waals surface area contributed by atoms with Crippen LogP contribution in [0.1, 0.15) is 18.4 Å². The monoisotopic (exact) mass is 416 g/mol. The molecule has 2 N–H and O–H groups in total. The van der Waals surface area contributed by atoms with E-state index in [0.717, 1.165) is 5.56 Å². The molecule has 3 aromatic rings. The van der Waals surface area contributed by atoms with Gasteiger partial charge in [0.05, 0.1) is 15.6 Å². The van der Waals surface area contributed by atoms with Crippen molar-refractivity contribution in [3.05, 3.63) is 83.8 Å². The number of rotatable bonds is 5. The number of nitrogens with two attached hydrogens (primary N) is 1. The number of hydrogen-bond donors (Lipinski definition) is 1. The van der Waals surface area contributed by atoms with Gasteiger partial charge in [-0.05, 0) is 35.9 Å². The third-order valence-corrected chi connectivity index (χ3v) is 5.72. The van der Waals surface area contributed by atoms with Gasteiger partial charge in [0.1, 0.15) is 5.82 Å². The molecule has 0 bridgehead atoms. The van der Waals surface area contributed by atoms with Crippen molar-refractivity contribution in [3.63, 3.8) is 0 Å². The van der Waals surface area contributed by atoms with Gasteiger partial charge in [0.15, 0.2) is 0 Å². The normalized spacial score (nSPS) is 12.6. The Labute approximate surface area is 168 Å². The van der Waals surface area contributed by atoms with Gasteiger partial charge >= 0.3 is 0 Å². The number of nitrogens with zero attached hydrogens (tertiary/aromatic N) is 1. The lowest BCUT2D eigenvalue weighted by atomic mass is 9.94. The number of halogens is 2. The Morgan fingerprint density at radius 1 is 1.18 bits per heavy atom. The first kappa shape index (κ1) is 20.2. The summed E-state index contributed by atoms with van der Waals surface area (Å²) in [4.78, 5) is 4.50. The van der Waals surface area contributed by atoms with Gasteiger partial charge in [-0.2, -0.15) is 0 Å². The summed E-state index contributed by atoms with van der Waals surface area (Å²) in [6.45, 7) is 5.75. The molecule has 4 nitrogen and oxygen atoms in total. The molecular weight excluding hydrogens is 399 g/mol. The SMILES string of the molecule is C=CC(C)c1cnc(-c2ccc(F)c(Cl)c2)c(-c2ccccc2S(N)(=O)=O)c1. The van der Waals surface area contributed by atoms with Gasteiger partial charge in [0, 0.05) is 28.8 Å². The molecule has 28 heavy (non-hydrogen) atoms. The van der Waals surface area contributed by atoms with Crippen LogP contribution in [-0.2, 0) is 10.0 Å². The van der Waals surface area contributed by atoms with E-state index in [-0.39, 0.29) is 15.8 Å². The Kier molecular flexibility index (Phi) is 5.65. The van der Waals surface area contributed by atoms with E-state index in [1.54, 1.807) is 36.5 Å². The van der Waals surface area contributed by atoms with Gasteiger partial charge in [0.2, 0.25) is 10.0 Å². The molecule has 1 heterocycles. The fourth-order valence-corrected chi connectivity index (χ4v) is 3.82. The Morgan fingerprint density at radius 2 is 1.89 bits per heavy atom. The molecule has 1 unspecified atom stereocenters. The van der Waals surface area contributed by atoms with Gasteiger partial charge in [-0.3, -0.25) is 4.98 Å². The van der Waals surface area contributed by atoms with Crippen molar-refractivity contribution >= 4 is 21.6 Å². The maximum atomic E-state index is 13.6. The summed E-state index contributed by atoms with van der Waals surface area (Å²) in [6, 6.07) is 12.5. The van der Waals surface area contributed by atoms with Crippen molar-refractivity contribution in [2.45, 2.75) is 17.7 Å². The van der Waals surface area contributed by atoms with Crippen LogP contribution in [-0.4, -0.2) is 13.4 Å². The molecule has 7 heteroatoms. The van der Waals surface area contributed by atoms with Crippen LogP contribution in [0.25, 0.3) is 22.4 Å². The molecule has 0 aliphatic rings. The first-order chi connectivity index (χ1) is 13.2. The molecule has 0 aliphatic heterocycles. The van der Waals surface area contributed by atoms with Crippen molar-refractivity contribution in [3.8, 4) is 22.4 Å². The van der Waals surface area contributed by atoms with E-state index in [4.69, 9.17) is 16.7 Å². The van der Waals surface area contributed by atoms with Crippen molar-refractivity contribution in [1.29, 1.82) is 0 Å². The molecular formula is C21H18ClFN2O2S. The number of allylic oxidation sites excluding steroid dienone is 1. The molecule has 0 spiro atoms. The largest absolute Gasteiger partial charge is 0.255 e. The highest BCUT2D eigenvalue weighted by atomic mass is 35.5. The van der Waals surface area contributed by atoms with Crippen LogP contribution in [0.2, 0.25) is 5.02 Å². The van der Waals surface area contributed by atoms with Crippen molar-refractivity contribution < 1.29 is 12.8 Å². The van der Waals surface area contributed by atoms with Crippen LogP contribution in [0.15, 0.2) is 72.3 Å². The summed E-state index contributed by atoms with van der Waals surface area (Å²) in [5.74, 6) is -0.549. The summed E-state index contributed by atoms with van der Waals surface area (Å²) in [5, 5.41) is 5.37. The third-order valence-electron chi connectivity index (χ3n) is 4.46. The van der Waals surface area contributed by atoms with Gasteiger partial charge in [-0.1, -0.05) is 42.8 Å². The minimum absolute atomic E-state index is 0.00116. The maximum absolute atomic E-state index is 13.6. The van der Waals surface area contributed by atoms with Crippen molar-refractivity contribution in [2.75, 3.05) is 0 Å². The average molecular weight is 417 g/mol. The molecule has 1 atom stereocenters. The summed E-state index contributed by atoms with van der Waals surface area (Å²) in [6.07, 6.45) is 3.45. The highest BCUT2D eigenvalue weighted by Crippen LogP contribution is 2.37. The zero-order chi connectivity index (χ0) is 20.5. The predicted octanol–water partition coefficient (Wildman–Crippen LogP) is 5.15. The van der Waals surface area contributed by atoms with E-state index >= 15 is 0 Å². The Morgan fingerprint density at radius 3 is 2.54 bits per heavy atom. The molecule has 0 radical (unpaired) electrons. The van der Waals surface area contributed by atoms with Gasteiger partial charge in [-0.25, -0.2) is 17.9 Å². The second kappa shape index (κ2) is 7.83. The van der Waals surface area contributed by atoms with Crippen LogP contribution >= 0.6 is 11.6 Å². The summed E-state index contributed by atoms with van der Waals surface area (Å²) in [5.41, 5.74) is 2.84. The Balaban J connectivity index is 2.35. The molecule has 0 fully saturated rings. The smallest absolute Gasteiger partial charge is 0.238 e. The number of pyridine rings is 1. The zero-order valence-electron chi connectivity index (χ0n) is 15.1. The van der Waals surface area contributed by atoms with E-state index in [1.807, 2.05) is 13.0 Å². The van der Waals surface area contributed by atoms with Gasteiger partial charge in [0.25, 0.3) is 0 Å².